The molecule has 1 aliphatic carbocycles. The first-order valence-corrected chi connectivity index (χ1v) is 9.63. The largest absolute Gasteiger partial charge is 0.301 e. The van der Waals surface area contributed by atoms with Crippen LogP contribution in [0.3, 0.4) is 0 Å². The van der Waals surface area contributed by atoms with E-state index in [1.807, 2.05) is 0 Å². The van der Waals surface area contributed by atoms with Crippen molar-refractivity contribution in [2.75, 3.05) is 31.9 Å². The van der Waals surface area contributed by atoms with Crippen molar-refractivity contribution in [3.05, 3.63) is 12.2 Å². The second kappa shape index (κ2) is 6.16. The van der Waals surface area contributed by atoms with Crippen LogP contribution in [-0.2, 0) is 10.0 Å². The Balaban J connectivity index is 1.57. The quantitative estimate of drug-likeness (QED) is 0.747. The zero-order valence-corrected chi connectivity index (χ0v) is 13.0. The number of hydrogen-bond donors (Lipinski definition) is 0. The highest BCUT2D eigenvalue weighted by Crippen LogP contribution is 2.26. The molecule has 0 N–H and O–H groups in total. The van der Waals surface area contributed by atoms with Gasteiger partial charge in [0.1, 0.15) is 0 Å². The Labute approximate surface area is 122 Å². The van der Waals surface area contributed by atoms with E-state index in [0.717, 1.165) is 51.4 Å². The molecule has 3 aliphatic rings. The SMILES string of the molecule is O=S1(=O)CCCN1[C@H]1CCCN(C[C@H]2CC=CCC2)C1. The number of sulfonamides is 1. The molecule has 0 aromatic rings. The maximum absolute atomic E-state index is 12.1. The lowest BCUT2D eigenvalue weighted by molar-refractivity contribution is 0.132. The summed E-state index contributed by atoms with van der Waals surface area (Å²) in [6, 6.07) is 0.232. The molecule has 0 unspecified atom stereocenters. The van der Waals surface area contributed by atoms with Crippen molar-refractivity contribution >= 4 is 10.0 Å². The van der Waals surface area contributed by atoms with E-state index >= 15 is 0 Å². The third-order valence-corrected chi connectivity index (χ3v) is 6.92. The highest BCUT2D eigenvalue weighted by atomic mass is 32.2. The summed E-state index contributed by atoms with van der Waals surface area (Å²) >= 11 is 0. The summed E-state index contributed by atoms with van der Waals surface area (Å²) in [5.41, 5.74) is 0. The second-order valence-electron chi connectivity index (χ2n) is 6.49. The molecule has 2 saturated heterocycles. The standard InChI is InChI=1S/C15H26N2O2S/c18-20(19)11-5-10-17(20)15-8-4-9-16(13-15)12-14-6-2-1-3-7-14/h1-2,14-15H,3-13H2/t14-,15-/m0/s1. The molecule has 20 heavy (non-hydrogen) atoms. The van der Waals surface area contributed by atoms with Gasteiger partial charge in [0.2, 0.25) is 10.0 Å². The molecule has 0 saturated carbocycles. The highest BCUT2D eigenvalue weighted by molar-refractivity contribution is 7.89. The minimum Gasteiger partial charge on any atom is -0.301 e. The van der Waals surface area contributed by atoms with Gasteiger partial charge in [-0.15, -0.1) is 0 Å². The molecule has 2 atom stereocenters. The Morgan fingerprint density at radius 1 is 1.10 bits per heavy atom. The highest BCUT2D eigenvalue weighted by Gasteiger charge is 2.36. The van der Waals surface area contributed by atoms with Gasteiger partial charge in [-0.1, -0.05) is 12.2 Å². The van der Waals surface area contributed by atoms with Crippen LogP contribution in [0, 0.1) is 5.92 Å². The van der Waals surface area contributed by atoms with E-state index in [1.54, 1.807) is 4.31 Å². The minimum atomic E-state index is -2.95. The van der Waals surface area contributed by atoms with Crippen LogP contribution in [-0.4, -0.2) is 55.6 Å². The fourth-order valence-electron chi connectivity index (χ4n) is 3.89. The molecule has 2 heterocycles. The van der Waals surface area contributed by atoms with Crippen molar-refractivity contribution < 1.29 is 8.42 Å². The predicted octanol–water partition coefficient (Wildman–Crippen LogP) is 1.84. The minimum absolute atomic E-state index is 0.232. The van der Waals surface area contributed by atoms with Crippen LogP contribution in [0.15, 0.2) is 12.2 Å². The zero-order valence-electron chi connectivity index (χ0n) is 12.2. The molecule has 2 fully saturated rings. The zero-order chi connectivity index (χ0) is 14.0. The van der Waals surface area contributed by atoms with Crippen LogP contribution >= 0.6 is 0 Å². The molecule has 0 radical (unpaired) electrons. The van der Waals surface area contributed by atoms with Gasteiger partial charge in [0.15, 0.2) is 0 Å². The molecule has 0 amide bonds. The van der Waals surface area contributed by atoms with E-state index in [-0.39, 0.29) is 6.04 Å². The van der Waals surface area contributed by atoms with Crippen LogP contribution < -0.4 is 0 Å². The number of rotatable bonds is 3. The normalized spacial score (nSPS) is 35.4. The first-order valence-electron chi connectivity index (χ1n) is 8.02. The van der Waals surface area contributed by atoms with Gasteiger partial charge in [-0.2, -0.15) is 4.31 Å². The third-order valence-electron chi connectivity index (χ3n) is 4.92. The van der Waals surface area contributed by atoms with Gasteiger partial charge in [-0.25, -0.2) is 8.42 Å². The summed E-state index contributed by atoms with van der Waals surface area (Å²) in [6.45, 7) is 3.98. The molecular weight excluding hydrogens is 272 g/mol. The van der Waals surface area contributed by atoms with E-state index in [4.69, 9.17) is 0 Å². The molecule has 0 bridgehead atoms. The van der Waals surface area contributed by atoms with E-state index in [1.165, 1.54) is 19.3 Å². The van der Waals surface area contributed by atoms with Gasteiger partial charge in [0, 0.05) is 25.7 Å². The summed E-state index contributed by atoms with van der Waals surface area (Å²) in [5, 5.41) is 0. The van der Waals surface area contributed by atoms with Crippen molar-refractivity contribution in [2.24, 2.45) is 5.92 Å². The van der Waals surface area contributed by atoms with Crippen molar-refractivity contribution in [1.82, 2.24) is 9.21 Å². The first kappa shape index (κ1) is 14.5. The van der Waals surface area contributed by atoms with Crippen LogP contribution in [0.2, 0.25) is 0 Å². The van der Waals surface area contributed by atoms with Gasteiger partial charge in [0.25, 0.3) is 0 Å². The Bertz CT molecular complexity index is 460. The summed E-state index contributed by atoms with van der Waals surface area (Å²) in [6.07, 6.45) is 11.3. The molecular formula is C15H26N2O2S. The lowest BCUT2D eigenvalue weighted by Gasteiger charge is -2.38. The average molecular weight is 298 g/mol. The Kier molecular flexibility index (Phi) is 4.48. The molecule has 2 aliphatic heterocycles. The molecule has 0 spiro atoms. The summed E-state index contributed by atoms with van der Waals surface area (Å²) in [4.78, 5) is 2.51. The van der Waals surface area contributed by atoms with Crippen molar-refractivity contribution in [3.63, 3.8) is 0 Å². The number of allylic oxidation sites excluding steroid dienone is 2. The number of piperidine rings is 1. The van der Waals surface area contributed by atoms with Crippen molar-refractivity contribution in [3.8, 4) is 0 Å². The summed E-state index contributed by atoms with van der Waals surface area (Å²) < 4.78 is 25.9. The van der Waals surface area contributed by atoms with E-state index in [9.17, 15) is 8.42 Å². The molecule has 0 aromatic heterocycles. The maximum Gasteiger partial charge on any atom is 0.214 e. The lowest BCUT2D eigenvalue weighted by Crippen LogP contribution is -2.49. The maximum atomic E-state index is 12.1. The van der Waals surface area contributed by atoms with Crippen LogP contribution in [0.25, 0.3) is 0 Å². The fourth-order valence-corrected chi connectivity index (χ4v) is 5.65. The second-order valence-corrected chi connectivity index (χ2v) is 8.53. The topological polar surface area (TPSA) is 40.6 Å². The fraction of sp³-hybridized carbons (Fsp3) is 0.867. The summed E-state index contributed by atoms with van der Waals surface area (Å²) in [5.74, 6) is 1.13. The van der Waals surface area contributed by atoms with Crippen LogP contribution in [0.5, 0.6) is 0 Å². The molecule has 5 heteroatoms. The van der Waals surface area contributed by atoms with E-state index in [0.29, 0.717) is 5.75 Å². The van der Waals surface area contributed by atoms with Crippen LogP contribution in [0.1, 0.15) is 38.5 Å². The monoisotopic (exact) mass is 298 g/mol. The van der Waals surface area contributed by atoms with Crippen molar-refractivity contribution in [1.29, 1.82) is 0 Å². The van der Waals surface area contributed by atoms with Crippen molar-refractivity contribution in [2.45, 2.75) is 44.6 Å². The first-order chi connectivity index (χ1) is 9.65. The Morgan fingerprint density at radius 2 is 2.00 bits per heavy atom. The van der Waals surface area contributed by atoms with Gasteiger partial charge in [0.05, 0.1) is 5.75 Å². The smallest absolute Gasteiger partial charge is 0.214 e. The van der Waals surface area contributed by atoms with Gasteiger partial charge in [-0.05, 0) is 51.0 Å². The van der Waals surface area contributed by atoms with E-state index in [2.05, 4.69) is 17.1 Å². The van der Waals surface area contributed by atoms with Crippen LogP contribution in [0.4, 0.5) is 0 Å². The molecule has 114 valence electrons. The van der Waals surface area contributed by atoms with Gasteiger partial charge in [-0.3, -0.25) is 0 Å². The molecule has 3 rings (SSSR count). The van der Waals surface area contributed by atoms with Gasteiger partial charge >= 0.3 is 0 Å². The molecule has 4 nitrogen and oxygen atoms in total. The summed E-state index contributed by atoms with van der Waals surface area (Å²) in [7, 11) is -2.95. The number of likely N-dealkylation sites (tertiary alicyclic amines) is 1. The predicted molar refractivity (Wildman–Crippen MR) is 81.1 cm³/mol. The number of nitrogens with zero attached hydrogens (tertiary/aromatic N) is 2. The average Bonchev–Trinajstić information content (AvgIpc) is 2.80. The van der Waals surface area contributed by atoms with E-state index < -0.39 is 10.0 Å². The lowest BCUT2D eigenvalue weighted by atomic mass is 9.93. The third kappa shape index (κ3) is 3.26. The Hall–Kier alpha value is -0.390. The number of hydrogen-bond acceptors (Lipinski definition) is 3. The molecule has 0 aromatic carbocycles. The van der Waals surface area contributed by atoms with Gasteiger partial charge < -0.3 is 4.90 Å². The Morgan fingerprint density at radius 3 is 2.70 bits per heavy atom.